The molecule has 7 atom stereocenters. The van der Waals surface area contributed by atoms with Crippen molar-refractivity contribution < 1.29 is 9.59 Å². The first-order valence-corrected chi connectivity index (χ1v) is 13.5. The second-order valence-electron chi connectivity index (χ2n) is 10.2. The third-order valence-electron chi connectivity index (χ3n) is 8.45. The summed E-state index contributed by atoms with van der Waals surface area (Å²) in [7, 11) is 0. The van der Waals surface area contributed by atoms with E-state index in [1.165, 1.54) is 27.4 Å². The number of aromatic amines is 1. The molecule has 2 saturated carbocycles. The highest BCUT2D eigenvalue weighted by Crippen LogP contribution is 2.68. The van der Waals surface area contributed by atoms with E-state index < -0.39 is 0 Å². The number of H-pyrrole nitrogens is 1. The van der Waals surface area contributed by atoms with Gasteiger partial charge in [-0.25, -0.2) is 0 Å². The molecule has 4 aliphatic rings. The highest BCUT2D eigenvalue weighted by molar-refractivity contribution is 8.00. The lowest BCUT2D eigenvalue weighted by Gasteiger charge is -2.43. The molecule has 1 N–H and O–H groups in total. The number of thiazole rings is 1. The van der Waals surface area contributed by atoms with Crippen LogP contribution in [-0.4, -0.2) is 22.0 Å². The summed E-state index contributed by atoms with van der Waals surface area (Å²) in [6, 6.07) is 16.3. The Kier molecular flexibility index (Phi) is 4.38. The summed E-state index contributed by atoms with van der Waals surface area (Å²) in [5, 5.41) is 1.18. The van der Waals surface area contributed by atoms with E-state index in [9.17, 15) is 14.4 Å². The van der Waals surface area contributed by atoms with Crippen LogP contribution in [0.4, 0.5) is 5.69 Å². The molecule has 5 nitrogen and oxygen atoms in total. The van der Waals surface area contributed by atoms with Gasteiger partial charge in [-0.15, -0.1) is 11.8 Å². The Morgan fingerprint density at radius 2 is 1.47 bits per heavy atom. The van der Waals surface area contributed by atoms with Gasteiger partial charge in [-0.1, -0.05) is 58.9 Å². The molecule has 0 spiro atoms. The van der Waals surface area contributed by atoms with E-state index in [-0.39, 0.29) is 57.4 Å². The minimum Gasteiger partial charge on any atom is -0.307 e. The van der Waals surface area contributed by atoms with Crippen LogP contribution in [-0.2, 0) is 9.59 Å². The van der Waals surface area contributed by atoms with Crippen molar-refractivity contribution >= 4 is 40.6 Å². The Morgan fingerprint density at radius 1 is 0.853 bits per heavy atom. The van der Waals surface area contributed by atoms with Gasteiger partial charge in [-0.2, -0.15) is 0 Å². The van der Waals surface area contributed by atoms with Crippen LogP contribution < -0.4 is 9.77 Å². The van der Waals surface area contributed by atoms with Gasteiger partial charge < -0.3 is 4.98 Å². The zero-order chi connectivity index (χ0) is 23.3. The number of aromatic nitrogens is 1. The van der Waals surface area contributed by atoms with Crippen LogP contribution in [0.1, 0.15) is 33.9 Å². The van der Waals surface area contributed by atoms with Crippen LogP contribution in [0.3, 0.4) is 0 Å². The van der Waals surface area contributed by atoms with Gasteiger partial charge in [0.25, 0.3) is 0 Å². The molecule has 1 saturated heterocycles. The van der Waals surface area contributed by atoms with Gasteiger partial charge in [-0.3, -0.25) is 19.3 Å². The summed E-state index contributed by atoms with van der Waals surface area (Å²) in [5.41, 5.74) is 4.19. The maximum Gasteiger partial charge on any atom is 0.305 e. The number of nitrogens with one attached hydrogen (secondary N) is 1. The Bertz CT molecular complexity index is 1390. The molecule has 0 unspecified atom stereocenters. The first-order chi connectivity index (χ1) is 16.4. The Morgan fingerprint density at radius 3 is 2.15 bits per heavy atom. The smallest absolute Gasteiger partial charge is 0.305 e. The number of amides is 2. The molecule has 2 bridgehead atoms. The zero-order valence-electron chi connectivity index (χ0n) is 18.9. The van der Waals surface area contributed by atoms with Crippen LogP contribution in [0.5, 0.6) is 0 Å². The molecule has 2 aromatic carbocycles. The summed E-state index contributed by atoms with van der Waals surface area (Å²) in [6.45, 7) is 4.08. The predicted octanol–water partition coefficient (Wildman–Crippen LogP) is 4.73. The van der Waals surface area contributed by atoms with E-state index in [4.69, 9.17) is 0 Å². The fraction of sp³-hybridized carbons (Fsp3) is 0.370. The number of thioether (sulfide) groups is 1. The van der Waals surface area contributed by atoms with Crippen molar-refractivity contribution in [2.24, 2.45) is 29.6 Å². The van der Waals surface area contributed by atoms with Crippen LogP contribution >= 0.6 is 23.1 Å². The number of nitrogens with zero attached hydrogens (tertiary/aromatic N) is 1. The minimum atomic E-state index is -0.259. The van der Waals surface area contributed by atoms with Gasteiger partial charge in [0.15, 0.2) is 0 Å². The van der Waals surface area contributed by atoms with E-state index in [2.05, 4.69) is 36.2 Å². The van der Waals surface area contributed by atoms with Gasteiger partial charge in [0.05, 0.1) is 22.5 Å². The molecular formula is C27H24N2O3S2. The van der Waals surface area contributed by atoms with E-state index in [0.29, 0.717) is 5.69 Å². The number of imide groups is 1. The predicted molar refractivity (Wildman–Crippen MR) is 133 cm³/mol. The summed E-state index contributed by atoms with van der Waals surface area (Å²) in [4.78, 5) is 45.3. The quantitative estimate of drug-likeness (QED) is 0.530. The fourth-order valence-electron chi connectivity index (χ4n) is 7.11. The van der Waals surface area contributed by atoms with Crippen LogP contribution in [0, 0.1) is 43.4 Å². The van der Waals surface area contributed by atoms with Crippen molar-refractivity contribution in [3.8, 4) is 0 Å². The van der Waals surface area contributed by atoms with E-state index in [0.717, 1.165) is 21.9 Å². The number of hydrogen-bond donors (Lipinski definition) is 1. The van der Waals surface area contributed by atoms with Crippen molar-refractivity contribution in [2.75, 3.05) is 4.90 Å². The zero-order valence-corrected chi connectivity index (χ0v) is 20.5. The van der Waals surface area contributed by atoms with Crippen LogP contribution in [0.25, 0.3) is 0 Å². The van der Waals surface area contributed by atoms with Crippen LogP contribution in [0.2, 0.25) is 0 Å². The number of anilines is 1. The second kappa shape index (κ2) is 7.18. The molecule has 0 radical (unpaired) electrons. The summed E-state index contributed by atoms with van der Waals surface area (Å²) >= 11 is 3.04. The maximum absolute atomic E-state index is 13.7. The Balaban J connectivity index is 1.32. The third-order valence-corrected chi connectivity index (χ3v) is 11.0. The number of hydrogen-bond acceptors (Lipinski definition) is 5. The molecule has 34 heavy (non-hydrogen) atoms. The summed E-state index contributed by atoms with van der Waals surface area (Å²) < 4.78 is 0. The largest absolute Gasteiger partial charge is 0.307 e. The van der Waals surface area contributed by atoms with Gasteiger partial charge in [0.1, 0.15) is 0 Å². The molecule has 2 amide bonds. The molecule has 7 rings (SSSR count). The van der Waals surface area contributed by atoms with Crippen LogP contribution in [0.15, 0.2) is 58.4 Å². The van der Waals surface area contributed by atoms with Crippen molar-refractivity contribution in [1.82, 2.24) is 4.98 Å². The van der Waals surface area contributed by atoms with E-state index >= 15 is 0 Å². The summed E-state index contributed by atoms with van der Waals surface area (Å²) in [6.07, 6.45) is 0.915. The Hall–Kier alpha value is -2.64. The lowest BCUT2D eigenvalue weighted by atomic mass is 9.68. The first-order valence-electron chi connectivity index (χ1n) is 11.8. The molecule has 3 heterocycles. The number of carbonyl (C=O) groups is 2. The molecule has 1 aromatic heterocycles. The Labute approximate surface area is 205 Å². The maximum atomic E-state index is 13.7. The molecule has 172 valence electrons. The lowest BCUT2D eigenvalue weighted by molar-refractivity contribution is -0.123. The van der Waals surface area contributed by atoms with Gasteiger partial charge in [-0.05, 0) is 55.7 Å². The number of aryl methyl sites for hydroxylation is 2. The number of carbonyl (C=O) groups excluding carboxylic acids is 2. The topological polar surface area (TPSA) is 70.2 Å². The standard InChI is InChI=1S/C27H24N2O3S2/c1-12-3-7-14(8-4-12)18-19-16-11-17(22(19)33-24-23(18)34-27(32)28-24)21-20(16)25(30)29(26(21)31)15-9-5-13(2)6-10-15/h3-10,16-22H,11H2,1-2H3,(H,28,32)/t16-,17+,18+,19+,20+,21+,22+/m0/s1. The highest BCUT2D eigenvalue weighted by atomic mass is 32.2. The monoisotopic (exact) mass is 488 g/mol. The van der Waals surface area contributed by atoms with Crippen molar-refractivity contribution in [3.05, 3.63) is 79.8 Å². The summed E-state index contributed by atoms with van der Waals surface area (Å²) in [5.74, 6) is 0.0412. The average molecular weight is 489 g/mol. The second-order valence-corrected chi connectivity index (χ2v) is 12.4. The third kappa shape index (κ3) is 2.71. The highest BCUT2D eigenvalue weighted by Gasteiger charge is 2.69. The first kappa shape index (κ1) is 20.7. The molecule has 3 fully saturated rings. The number of rotatable bonds is 2. The van der Waals surface area contributed by atoms with Gasteiger partial charge in [0, 0.05) is 16.0 Å². The lowest BCUT2D eigenvalue weighted by Crippen LogP contribution is -2.42. The van der Waals surface area contributed by atoms with Gasteiger partial charge >= 0.3 is 4.87 Å². The van der Waals surface area contributed by atoms with Crippen molar-refractivity contribution in [1.29, 1.82) is 0 Å². The molecule has 7 heteroatoms. The molecule has 2 aliphatic heterocycles. The number of benzene rings is 2. The SMILES string of the molecule is Cc1ccc([C@H]2c3sc(=O)[nH]c3S[C@@H]3[C@@H]4C[C@H]([C@H]5C(=O)N(c6ccc(C)cc6)C(=O)[C@H]45)[C@H]23)cc1. The average Bonchev–Trinajstić information content (AvgIpc) is 3.54. The van der Waals surface area contributed by atoms with Crippen molar-refractivity contribution in [3.63, 3.8) is 0 Å². The fourth-order valence-corrected chi connectivity index (χ4v) is 10.0. The van der Waals surface area contributed by atoms with Gasteiger partial charge in [0.2, 0.25) is 11.8 Å². The van der Waals surface area contributed by atoms with E-state index in [1.807, 2.05) is 31.2 Å². The molecule has 3 aromatic rings. The van der Waals surface area contributed by atoms with E-state index in [1.54, 1.807) is 11.8 Å². The molecule has 2 aliphatic carbocycles. The number of fused-ring (bicyclic) bond motifs is 9. The molecular weight excluding hydrogens is 464 g/mol. The normalized spacial score (nSPS) is 33.2. The van der Waals surface area contributed by atoms with Crippen molar-refractivity contribution in [2.45, 2.75) is 36.5 Å². The minimum absolute atomic E-state index is 0.0279.